The zero-order valence-corrected chi connectivity index (χ0v) is 18.4. The van der Waals surface area contributed by atoms with Crippen molar-refractivity contribution in [3.8, 4) is 22.9 Å². The van der Waals surface area contributed by atoms with Gasteiger partial charge in [-0.3, -0.25) is 0 Å². The first-order chi connectivity index (χ1) is 16.8. The van der Waals surface area contributed by atoms with Crippen molar-refractivity contribution >= 4 is 33.2 Å². The molecule has 1 aromatic heterocycles. The van der Waals surface area contributed by atoms with Crippen molar-refractivity contribution in [1.29, 1.82) is 5.26 Å². The summed E-state index contributed by atoms with van der Waals surface area (Å²) >= 11 is 0. The summed E-state index contributed by atoms with van der Waals surface area (Å²) in [6.45, 7) is 0. The van der Waals surface area contributed by atoms with Crippen LogP contribution in [0.3, 0.4) is 0 Å². The highest BCUT2D eigenvalue weighted by atomic mass is 15.0. The number of para-hydroxylation sites is 2. The number of nitrogens with one attached hydrogen (secondary N) is 1. The lowest BCUT2D eigenvalue weighted by Crippen LogP contribution is -1.97. The van der Waals surface area contributed by atoms with E-state index < -0.39 is 0 Å². The van der Waals surface area contributed by atoms with E-state index in [1.54, 1.807) is 0 Å². The number of nitriles is 1. The van der Waals surface area contributed by atoms with Crippen molar-refractivity contribution in [2.45, 2.75) is 0 Å². The van der Waals surface area contributed by atoms with Crippen LogP contribution in [-0.2, 0) is 0 Å². The quantitative estimate of drug-likeness (QED) is 0.304. The molecule has 5 aromatic carbocycles. The third-order valence-electron chi connectivity index (χ3n) is 6.18. The van der Waals surface area contributed by atoms with E-state index in [2.05, 4.69) is 101 Å². The first-order valence-electron chi connectivity index (χ1n) is 11.3. The van der Waals surface area contributed by atoms with Crippen molar-refractivity contribution in [3.05, 3.63) is 127 Å². The van der Waals surface area contributed by atoms with Gasteiger partial charge in [0.1, 0.15) is 0 Å². The minimum absolute atomic E-state index is 0.630. The lowest BCUT2D eigenvalue weighted by atomic mass is 10.00. The van der Waals surface area contributed by atoms with Crippen LogP contribution in [0.4, 0.5) is 11.4 Å². The van der Waals surface area contributed by atoms with Gasteiger partial charge in [-0.25, -0.2) is 0 Å². The van der Waals surface area contributed by atoms with Gasteiger partial charge in [-0.1, -0.05) is 72.8 Å². The summed E-state index contributed by atoms with van der Waals surface area (Å²) in [4.78, 5) is 0. The summed E-state index contributed by atoms with van der Waals surface area (Å²) in [5.41, 5.74) is 8.19. The second kappa shape index (κ2) is 8.27. The van der Waals surface area contributed by atoms with Crippen molar-refractivity contribution in [3.63, 3.8) is 0 Å². The van der Waals surface area contributed by atoms with Gasteiger partial charge in [-0.15, -0.1) is 0 Å². The largest absolute Gasteiger partial charge is 0.355 e. The monoisotopic (exact) mass is 435 g/mol. The first kappa shape index (κ1) is 19.8. The highest BCUT2D eigenvalue weighted by Crippen LogP contribution is 2.40. The number of anilines is 2. The molecule has 0 unspecified atom stereocenters. The first-order valence-corrected chi connectivity index (χ1v) is 11.3. The molecular weight excluding hydrogens is 414 g/mol. The van der Waals surface area contributed by atoms with Gasteiger partial charge < -0.3 is 9.88 Å². The summed E-state index contributed by atoms with van der Waals surface area (Å²) in [5, 5.41) is 15.4. The van der Waals surface area contributed by atoms with Crippen LogP contribution in [0.15, 0.2) is 121 Å². The summed E-state index contributed by atoms with van der Waals surface area (Å²) in [6, 6.07) is 43.8. The van der Waals surface area contributed by atoms with Gasteiger partial charge in [0.25, 0.3) is 0 Å². The Balaban J connectivity index is 1.66. The Labute approximate surface area is 198 Å². The third-order valence-corrected chi connectivity index (χ3v) is 6.18. The van der Waals surface area contributed by atoms with E-state index in [-0.39, 0.29) is 0 Å². The number of nitrogens with zero attached hydrogens (tertiary/aromatic N) is 2. The molecule has 0 fully saturated rings. The zero-order valence-electron chi connectivity index (χ0n) is 18.4. The Morgan fingerprint density at radius 2 is 1.35 bits per heavy atom. The third kappa shape index (κ3) is 3.39. The number of hydrogen-bond acceptors (Lipinski definition) is 2. The summed E-state index contributed by atoms with van der Waals surface area (Å²) in [7, 11) is 0. The molecule has 0 bridgehead atoms. The van der Waals surface area contributed by atoms with Gasteiger partial charge in [0.2, 0.25) is 0 Å². The molecule has 160 valence electrons. The molecule has 0 spiro atoms. The number of aromatic nitrogens is 1. The van der Waals surface area contributed by atoms with E-state index in [1.165, 1.54) is 16.3 Å². The summed E-state index contributed by atoms with van der Waals surface area (Å²) in [6.07, 6.45) is 0. The minimum Gasteiger partial charge on any atom is -0.355 e. The normalized spacial score (nSPS) is 10.9. The molecule has 6 rings (SSSR count). The molecule has 1 N–H and O–H groups in total. The van der Waals surface area contributed by atoms with Crippen molar-refractivity contribution in [2.75, 3.05) is 5.32 Å². The van der Waals surface area contributed by atoms with Gasteiger partial charge in [0.15, 0.2) is 0 Å². The maximum absolute atomic E-state index is 9.36. The Morgan fingerprint density at radius 1 is 0.618 bits per heavy atom. The SMILES string of the molecule is N#Cc1cccc(Nc2cc3c(cc2-c2ccccc2)c2ccccc2n3-c2ccccc2)c1. The summed E-state index contributed by atoms with van der Waals surface area (Å²) < 4.78 is 2.32. The fraction of sp³-hybridized carbons (Fsp3) is 0. The van der Waals surface area contributed by atoms with E-state index in [1.807, 2.05) is 36.4 Å². The lowest BCUT2D eigenvalue weighted by molar-refractivity contribution is 1.18. The smallest absolute Gasteiger partial charge is 0.0992 e. The van der Waals surface area contributed by atoms with E-state index in [0.29, 0.717) is 5.56 Å². The van der Waals surface area contributed by atoms with Crippen LogP contribution >= 0.6 is 0 Å². The predicted octanol–water partition coefficient (Wildman–Crippen LogP) is 8.07. The number of rotatable bonds is 4. The molecule has 0 saturated carbocycles. The second-order valence-corrected chi connectivity index (χ2v) is 8.29. The number of benzene rings is 5. The number of fused-ring (bicyclic) bond motifs is 3. The average Bonchev–Trinajstić information content (AvgIpc) is 3.22. The van der Waals surface area contributed by atoms with Gasteiger partial charge in [0, 0.05) is 33.4 Å². The highest BCUT2D eigenvalue weighted by molar-refractivity contribution is 6.12. The molecule has 0 aliphatic carbocycles. The molecule has 3 heteroatoms. The van der Waals surface area contributed by atoms with Crippen molar-refractivity contribution < 1.29 is 0 Å². The molecule has 0 amide bonds. The van der Waals surface area contributed by atoms with Gasteiger partial charge >= 0.3 is 0 Å². The summed E-state index contributed by atoms with van der Waals surface area (Å²) in [5.74, 6) is 0. The standard InChI is InChI=1S/C31H21N3/c32-21-22-10-9-13-24(18-22)33-29-20-31-28(19-27(29)23-11-3-1-4-12-23)26-16-7-8-17-30(26)34(31)25-14-5-2-6-15-25/h1-20,33H. The maximum Gasteiger partial charge on any atom is 0.0992 e. The van der Waals surface area contributed by atoms with Crippen LogP contribution in [0, 0.1) is 11.3 Å². The maximum atomic E-state index is 9.36. The molecular formula is C31H21N3. The van der Waals surface area contributed by atoms with E-state index in [0.717, 1.165) is 33.7 Å². The van der Waals surface area contributed by atoms with Crippen LogP contribution in [0.2, 0.25) is 0 Å². The Bertz CT molecular complexity index is 1670. The van der Waals surface area contributed by atoms with E-state index >= 15 is 0 Å². The average molecular weight is 436 g/mol. The van der Waals surface area contributed by atoms with Crippen LogP contribution in [0.25, 0.3) is 38.6 Å². The van der Waals surface area contributed by atoms with Crippen LogP contribution in [0.1, 0.15) is 5.56 Å². The molecule has 34 heavy (non-hydrogen) atoms. The molecule has 3 nitrogen and oxygen atoms in total. The van der Waals surface area contributed by atoms with Crippen LogP contribution in [0.5, 0.6) is 0 Å². The molecule has 0 radical (unpaired) electrons. The molecule has 0 atom stereocenters. The van der Waals surface area contributed by atoms with Crippen LogP contribution < -0.4 is 5.32 Å². The van der Waals surface area contributed by atoms with E-state index in [4.69, 9.17) is 0 Å². The predicted molar refractivity (Wildman–Crippen MR) is 141 cm³/mol. The highest BCUT2D eigenvalue weighted by Gasteiger charge is 2.16. The number of hydrogen-bond donors (Lipinski definition) is 1. The van der Waals surface area contributed by atoms with Gasteiger partial charge in [0.05, 0.1) is 22.7 Å². The minimum atomic E-state index is 0.630. The molecule has 0 aliphatic heterocycles. The van der Waals surface area contributed by atoms with Crippen molar-refractivity contribution in [1.82, 2.24) is 4.57 Å². The molecule has 6 aromatic rings. The van der Waals surface area contributed by atoms with Crippen molar-refractivity contribution in [2.24, 2.45) is 0 Å². The van der Waals surface area contributed by atoms with Gasteiger partial charge in [-0.2, -0.15) is 5.26 Å². The Hall–Kier alpha value is -4.81. The van der Waals surface area contributed by atoms with E-state index in [9.17, 15) is 5.26 Å². The molecule has 1 heterocycles. The fourth-order valence-electron chi connectivity index (χ4n) is 4.65. The Kier molecular flexibility index (Phi) is 4.83. The fourth-order valence-corrected chi connectivity index (χ4v) is 4.65. The topological polar surface area (TPSA) is 40.8 Å². The lowest BCUT2D eigenvalue weighted by Gasteiger charge is -2.15. The van der Waals surface area contributed by atoms with Gasteiger partial charge in [-0.05, 0) is 54.1 Å². The molecule has 0 saturated heterocycles. The van der Waals surface area contributed by atoms with Crippen LogP contribution in [-0.4, -0.2) is 4.57 Å². The second-order valence-electron chi connectivity index (χ2n) is 8.29. The Morgan fingerprint density at radius 3 is 2.15 bits per heavy atom. The molecule has 0 aliphatic rings. The zero-order chi connectivity index (χ0) is 22.9.